The molecule has 1 aromatic carbocycles. The molecule has 10 heteroatoms. The minimum Gasteiger partial charge on any atom is -0.466 e. The quantitative estimate of drug-likeness (QED) is 0.526. The zero-order chi connectivity index (χ0) is 24.8. The fraction of sp³-hybridized carbons (Fsp3) is 0.542. The molecular formula is C24H31Cl2N3O5. The molecule has 1 saturated heterocycles. The monoisotopic (exact) mass is 511 g/mol. The van der Waals surface area contributed by atoms with Gasteiger partial charge < -0.3 is 14.8 Å². The molecule has 1 atom stereocenters. The van der Waals surface area contributed by atoms with Crippen LogP contribution in [0.4, 0.5) is 4.79 Å². The van der Waals surface area contributed by atoms with Gasteiger partial charge in [0.2, 0.25) is 0 Å². The van der Waals surface area contributed by atoms with Gasteiger partial charge in [-0.25, -0.2) is 9.59 Å². The smallest absolute Gasteiger partial charge is 0.338 e. The molecule has 0 saturated carbocycles. The molecule has 0 aromatic heterocycles. The number of esters is 2. The van der Waals surface area contributed by atoms with Crippen LogP contribution in [0.15, 0.2) is 29.5 Å². The SMILES string of the molecule is CCOC(=O)C1=C(CN2CCC(C(=O)OCC)CC2)N(CC)C(=O)N[C@@H]1c1cccc(Cl)c1Cl. The van der Waals surface area contributed by atoms with E-state index < -0.39 is 12.0 Å². The second-order valence-corrected chi connectivity index (χ2v) is 8.94. The van der Waals surface area contributed by atoms with Crippen LogP contribution in [0.5, 0.6) is 0 Å². The lowest BCUT2D eigenvalue weighted by atomic mass is 9.93. The molecule has 34 heavy (non-hydrogen) atoms. The summed E-state index contributed by atoms with van der Waals surface area (Å²) < 4.78 is 10.6. The number of carbonyl (C=O) groups is 3. The van der Waals surface area contributed by atoms with E-state index in [1.807, 2.05) is 6.92 Å². The first-order valence-electron chi connectivity index (χ1n) is 11.6. The van der Waals surface area contributed by atoms with Gasteiger partial charge in [0, 0.05) is 18.8 Å². The van der Waals surface area contributed by atoms with Crippen LogP contribution in [0.3, 0.4) is 0 Å². The highest BCUT2D eigenvalue weighted by atomic mass is 35.5. The van der Waals surface area contributed by atoms with Crippen LogP contribution in [-0.2, 0) is 19.1 Å². The molecule has 186 valence electrons. The molecule has 0 unspecified atom stereocenters. The van der Waals surface area contributed by atoms with Crippen molar-refractivity contribution in [3.05, 3.63) is 45.1 Å². The average Bonchev–Trinajstić information content (AvgIpc) is 2.81. The van der Waals surface area contributed by atoms with Gasteiger partial charge in [0.25, 0.3) is 0 Å². The van der Waals surface area contributed by atoms with E-state index in [1.54, 1.807) is 36.9 Å². The first kappa shape index (κ1) is 26.3. The molecule has 1 fully saturated rings. The summed E-state index contributed by atoms with van der Waals surface area (Å²) in [6.07, 6.45) is 1.31. The summed E-state index contributed by atoms with van der Waals surface area (Å²) in [5, 5.41) is 3.50. The molecule has 8 nitrogen and oxygen atoms in total. The van der Waals surface area contributed by atoms with E-state index in [-0.39, 0.29) is 29.5 Å². The summed E-state index contributed by atoms with van der Waals surface area (Å²) in [6.45, 7) is 7.96. The molecular weight excluding hydrogens is 481 g/mol. The van der Waals surface area contributed by atoms with Crippen molar-refractivity contribution in [3.63, 3.8) is 0 Å². The van der Waals surface area contributed by atoms with Crippen LogP contribution in [-0.4, -0.2) is 67.2 Å². The molecule has 2 amide bonds. The topological polar surface area (TPSA) is 88.2 Å². The van der Waals surface area contributed by atoms with Crippen molar-refractivity contribution < 1.29 is 23.9 Å². The van der Waals surface area contributed by atoms with E-state index in [1.165, 1.54) is 0 Å². The predicted molar refractivity (Wildman–Crippen MR) is 130 cm³/mol. The van der Waals surface area contributed by atoms with Crippen molar-refractivity contribution in [2.75, 3.05) is 39.4 Å². The zero-order valence-electron chi connectivity index (χ0n) is 19.7. The number of nitrogens with zero attached hydrogens (tertiary/aromatic N) is 2. The first-order chi connectivity index (χ1) is 16.3. The molecule has 0 spiro atoms. The Hall–Kier alpha value is -2.29. The fourth-order valence-corrected chi connectivity index (χ4v) is 4.85. The Kier molecular flexibility index (Phi) is 9.22. The second kappa shape index (κ2) is 11.9. The molecule has 2 aliphatic rings. The maximum atomic E-state index is 13.2. The van der Waals surface area contributed by atoms with Crippen LogP contribution in [0.2, 0.25) is 10.0 Å². The standard InChI is InChI=1S/C24H31Cl2N3O5/c1-4-29-18(14-28-12-10-15(11-13-28)22(30)33-5-2)19(23(31)34-6-3)21(27-24(29)32)16-8-7-9-17(25)20(16)26/h7-9,15,21H,4-6,10-14H2,1-3H3,(H,27,32)/t21-/m1/s1. The number of hydrogen-bond acceptors (Lipinski definition) is 6. The Morgan fingerprint density at radius 1 is 1.09 bits per heavy atom. The molecule has 2 aliphatic heterocycles. The van der Waals surface area contributed by atoms with Gasteiger partial charge in [-0.1, -0.05) is 35.3 Å². The number of urea groups is 1. The number of likely N-dealkylation sites (N-methyl/N-ethyl adjacent to an activating group) is 1. The summed E-state index contributed by atoms with van der Waals surface area (Å²) in [5.74, 6) is -0.820. The van der Waals surface area contributed by atoms with Crippen LogP contribution in [0.1, 0.15) is 45.2 Å². The number of hydrogen-bond donors (Lipinski definition) is 1. The molecule has 2 heterocycles. The van der Waals surface area contributed by atoms with Gasteiger partial charge in [-0.05, 0) is 58.3 Å². The van der Waals surface area contributed by atoms with Gasteiger partial charge in [0.1, 0.15) is 0 Å². The van der Waals surface area contributed by atoms with Gasteiger partial charge in [-0.15, -0.1) is 0 Å². The highest BCUT2D eigenvalue weighted by Gasteiger charge is 2.39. The third-order valence-electron chi connectivity index (χ3n) is 6.12. The van der Waals surface area contributed by atoms with Gasteiger partial charge in [0.15, 0.2) is 0 Å². The van der Waals surface area contributed by atoms with Crippen molar-refractivity contribution in [1.82, 2.24) is 15.1 Å². The van der Waals surface area contributed by atoms with Crippen LogP contribution in [0.25, 0.3) is 0 Å². The average molecular weight is 512 g/mol. The van der Waals surface area contributed by atoms with E-state index in [0.717, 1.165) is 0 Å². The maximum absolute atomic E-state index is 13.2. The second-order valence-electron chi connectivity index (χ2n) is 8.15. The van der Waals surface area contributed by atoms with E-state index >= 15 is 0 Å². The largest absolute Gasteiger partial charge is 0.466 e. The molecule has 0 bridgehead atoms. The van der Waals surface area contributed by atoms with Crippen LogP contribution >= 0.6 is 23.2 Å². The van der Waals surface area contributed by atoms with E-state index in [9.17, 15) is 14.4 Å². The number of amides is 2. The van der Waals surface area contributed by atoms with Crippen molar-refractivity contribution in [3.8, 4) is 0 Å². The number of carbonyl (C=O) groups excluding carboxylic acids is 3. The van der Waals surface area contributed by atoms with Crippen molar-refractivity contribution in [2.45, 2.75) is 39.7 Å². The predicted octanol–water partition coefficient (Wildman–Crippen LogP) is 4.17. The Morgan fingerprint density at radius 2 is 1.76 bits per heavy atom. The number of nitrogens with one attached hydrogen (secondary N) is 1. The number of halogens is 2. The minimum atomic E-state index is -0.798. The number of rotatable bonds is 8. The lowest BCUT2D eigenvalue weighted by molar-refractivity contribution is -0.149. The van der Waals surface area contributed by atoms with Gasteiger partial charge in [-0.2, -0.15) is 0 Å². The molecule has 0 radical (unpaired) electrons. The Balaban J connectivity index is 1.97. The lowest BCUT2D eigenvalue weighted by Gasteiger charge is -2.39. The van der Waals surface area contributed by atoms with Crippen molar-refractivity contribution >= 4 is 41.2 Å². The zero-order valence-corrected chi connectivity index (χ0v) is 21.2. The number of benzene rings is 1. The molecule has 1 aromatic rings. The summed E-state index contributed by atoms with van der Waals surface area (Å²) >= 11 is 12.7. The van der Waals surface area contributed by atoms with Gasteiger partial charge in [-0.3, -0.25) is 14.6 Å². The van der Waals surface area contributed by atoms with E-state index in [2.05, 4.69) is 10.2 Å². The summed E-state index contributed by atoms with van der Waals surface area (Å²) in [6, 6.07) is 3.99. The number of piperidine rings is 1. The number of ether oxygens (including phenoxy) is 2. The third-order valence-corrected chi connectivity index (χ3v) is 6.96. The Bertz CT molecular complexity index is 960. The molecule has 0 aliphatic carbocycles. The molecule has 3 rings (SSSR count). The van der Waals surface area contributed by atoms with Crippen LogP contribution in [0, 0.1) is 5.92 Å². The van der Waals surface area contributed by atoms with E-state index in [4.69, 9.17) is 32.7 Å². The van der Waals surface area contributed by atoms with Gasteiger partial charge in [0.05, 0.1) is 40.8 Å². The normalized spacial score (nSPS) is 19.7. The highest BCUT2D eigenvalue weighted by molar-refractivity contribution is 6.42. The Labute approximate surface area is 210 Å². The first-order valence-corrected chi connectivity index (χ1v) is 12.4. The third kappa shape index (κ3) is 5.67. The van der Waals surface area contributed by atoms with Crippen molar-refractivity contribution in [1.29, 1.82) is 0 Å². The van der Waals surface area contributed by atoms with E-state index in [0.29, 0.717) is 67.5 Å². The number of likely N-dealkylation sites (tertiary alicyclic amines) is 1. The maximum Gasteiger partial charge on any atom is 0.338 e. The summed E-state index contributed by atoms with van der Waals surface area (Å²) in [5.41, 5.74) is 1.43. The lowest BCUT2D eigenvalue weighted by Crippen LogP contribution is -2.51. The minimum absolute atomic E-state index is 0.135. The van der Waals surface area contributed by atoms with Gasteiger partial charge >= 0.3 is 18.0 Å². The Morgan fingerprint density at radius 3 is 2.38 bits per heavy atom. The van der Waals surface area contributed by atoms with Crippen LogP contribution < -0.4 is 5.32 Å². The summed E-state index contributed by atoms with van der Waals surface area (Å²) in [4.78, 5) is 42.1. The molecule has 1 N–H and O–H groups in total. The fourth-order valence-electron chi connectivity index (χ4n) is 4.43. The summed E-state index contributed by atoms with van der Waals surface area (Å²) in [7, 11) is 0. The van der Waals surface area contributed by atoms with Crippen molar-refractivity contribution in [2.24, 2.45) is 5.92 Å². The highest BCUT2D eigenvalue weighted by Crippen LogP contribution is 2.38.